The first kappa shape index (κ1) is 62.5. The van der Waals surface area contributed by atoms with Crippen molar-refractivity contribution in [2.75, 3.05) is 25.1 Å². The van der Waals surface area contributed by atoms with Crippen LogP contribution in [0.4, 0.5) is 0 Å². The summed E-state index contributed by atoms with van der Waals surface area (Å²) in [7, 11) is 0. The molecular formula is C38H64N14O17S. The number of hydrogen-bond donors (Lipinski definition) is 19. The van der Waals surface area contributed by atoms with E-state index in [-0.39, 0.29) is 56.9 Å². The van der Waals surface area contributed by atoms with Gasteiger partial charge in [-0.25, -0.2) is 0 Å². The summed E-state index contributed by atoms with van der Waals surface area (Å²) in [5.41, 5.74) is 18.3. The molecule has 0 aliphatic carbocycles. The number of amides is 8. The van der Waals surface area contributed by atoms with Crippen molar-refractivity contribution in [2.45, 2.75) is 125 Å². The maximum absolute atomic E-state index is 13.9. The number of hydrogen-bond acceptors (Lipinski definition) is 16. The van der Waals surface area contributed by atoms with E-state index >= 15 is 0 Å². The number of aliphatic carboxylic acids is 4. The smallest absolute Gasteiger partial charge is 0.306 e. The monoisotopic (exact) mass is 1020 g/mol. The molecule has 0 bridgehead atoms. The van der Waals surface area contributed by atoms with Gasteiger partial charge >= 0.3 is 23.9 Å². The Balaban J connectivity index is 6.79. The third-order valence-corrected chi connectivity index (χ3v) is 10.3. The number of thioether (sulfide) groups is 1. The molecule has 31 nitrogen and oxygen atoms in total. The Morgan fingerprint density at radius 2 is 0.814 bits per heavy atom. The standard InChI is InChI=1S/C38H64N14O17S/c1-70-15-12-23(51-32(65)21(7-10-25(54)55)50-33(66)22(8-11-26(56)57)52-35(68)38(69,16-27(58)59)17-28(60)61)34(67)49-20(6-9-24(39)53)31(64)48-19(5-3-14-46-37(43)44)30(63)47-18(29(40)62)4-2-13-45-36(41)42/h18-23,69H,2-17H2,1H3,(H2,39,53)(H2,40,62)(H,47,63)(H,48,64)(H,49,67)(H,50,66)(H,51,65)(H,52,68)(H,54,55)(H,56,57)(H,58,59)(H,60,61)(H4,41,42,45)(H4,43,44,46)/t18-,19-,20-,21-,22-,23-/m0/s1. The molecule has 23 N–H and O–H groups in total. The highest BCUT2D eigenvalue weighted by atomic mass is 32.2. The van der Waals surface area contributed by atoms with E-state index in [1.54, 1.807) is 6.26 Å². The second kappa shape index (κ2) is 32.3. The Bertz CT molecular complexity index is 1910. The molecule has 0 aromatic heterocycles. The van der Waals surface area contributed by atoms with E-state index in [1.165, 1.54) is 11.8 Å². The van der Waals surface area contributed by atoms with Crippen molar-refractivity contribution in [3.8, 4) is 0 Å². The highest BCUT2D eigenvalue weighted by molar-refractivity contribution is 7.98. The summed E-state index contributed by atoms with van der Waals surface area (Å²) in [6.07, 6.45) is -5.54. The van der Waals surface area contributed by atoms with Crippen LogP contribution >= 0.6 is 11.8 Å². The molecule has 0 spiro atoms. The molecule has 70 heavy (non-hydrogen) atoms. The van der Waals surface area contributed by atoms with Crippen molar-refractivity contribution < 1.29 is 83.1 Å². The number of nitrogens with one attached hydrogen (secondary N) is 10. The van der Waals surface area contributed by atoms with Crippen LogP contribution in [0.2, 0.25) is 0 Å². The lowest BCUT2D eigenvalue weighted by atomic mass is 9.93. The van der Waals surface area contributed by atoms with Crippen molar-refractivity contribution in [1.82, 2.24) is 42.5 Å². The number of aliphatic hydroxyl groups is 1. The normalized spacial score (nSPS) is 13.5. The SMILES string of the molecule is CSCC[C@H](NC(=O)[C@H](CCC(=O)O)NC(=O)[C@H](CCC(=O)O)NC(=O)C(O)(CC(=O)O)CC(=O)O)C(=O)N[C@@H](CCC(N)=O)C(=O)N[C@@H](CCCNC(=N)N)C(=O)N[C@@H](CCCNC(=N)N)C(N)=O. The lowest BCUT2D eigenvalue weighted by Crippen LogP contribution is -2.60. The Morgan fingerprint density at radius 3 is 1.14 bits per heavy atom. The average Bonchev–Trinajstić information content (AvgIpc) is 3.24. The Kier molecular flexibility index (Phi) is 28.8. The summed E-state index contributed by atoms with van der Waals surface area (Å²) in [6.45, 7) is 0.178. The van der Waals surface area contributed by atoms with Crippen LogP contribution in [-0.4, -0.2) is 176 Å². The molecule has 0 rings (SSSR count). The number of carboxylic acid groups (broad SMARTS) is 4. The first-order chi connectivity index (χ1) is 32.6. The molecule has 0 aliphatic heterocycles. The Labute approximate surface area is 403 Å². The third-order valence-electron chi connectivity index (χ3n) is 9.68. The minimum atomic E-state index is -3.16. The number of rotatable bonds is 37. The molecular weight excluding hydrogens is 957 g/mol. The molecule has 0 heterocycles. The second-order valence-corrected chi connectivity index (χ2v) is 16.5. The number of nitrogens with two attached hydrogens (primary N) is 4. The van der Waals surface area contributed by atoms with Gasteiger partial charge in [-0.15, -0.1) is 0 Å². The minimum absolute atomic E-state index is 0.0232. The average molecular weight is 1020 g/mol. The lowest BCUT2D eigenvalue weighted by Gasteiger charge is -2.29. The van der Waals surface area contributed by atoms with Crippen molar-refractivity contribution in [2.24, 2.45) is 22.9 Å². The van der Waals surface area contributed by atoms with Gasteiger partial charge in [0, 0.05) is 32.4 Å². The molecule has 6 atom stereocenters. The van der Waals surface area contributed by atoms with Crippen LogP contribution in [0.1, 0.15) is 83.5 Å². The largest absolute Gasteiger partial charge is 0.481 e. The number of carbonyl (C=O) groups is 12. The Morgan fingerprint density at radius 1 is 0.486 bits per heavy atom. The summed E-state index contributed by atoms with van der Waals surface area (Å²) in [6, 6.07) is -9.87. The van der Waals surface area contributed by atoms with E-state index in [9.17, 15) is 83.1 Å². The van der Waals surface area contributed by atoms with Crippen LogP contribution in [0.5, 0.6) is 0 Å². The van der Waals surface area contributed by atoms with E-state index in [1.807, 2.05) is 5.32 Å². The number of carboxylic acids is 4. The Hall–Kier alpha value is -7.51. The van der Waals surface area contributed by atoms with E-state index in [4.69, 9.17) is 33.8 Å². The van der Waals surface area contributed by atoms with Gasteiger partial charge in [0.2, 0.25) is 41.4 Å². The van der Waals surface area contributed by atoms with Crippen LogP contribution < -0.4 is 65.5 Å². The predicted molar refractivity (Wildman–Crippen MR) is 244 cm³/mol. The van der Waals surface area contributed by atoms with Crippen molar-refractivity contribution >= 4 is 94.8 Å². The van der Waals surface area contributed by atoms with E-state index < -0.39 is 170 Å². The maximum Gasteiger partial charge on any atom is 0.306 e. The molecule has 0 aliphatic rings. The number of guanidine groups is 2. The zero-order valence-corrected chi connectivity index (χ0v) is 38.9. The van der Waals surface area contributed by atoms with Gasteiger partial charge in [0.15, 0.2) is 17.5 Å². The fourth-order valence-electron chi connectivity index (χ4n) is 6.12. The van der Waals surface area contributed by atoms with Gasteiger partial charge < -0.3 is 91.0 Å². The van der Waals surface area contributed by atoms with Gasteiger partial charge in [-0.05, 0) is 63.4 Å². The van der Waals surface area contributed by atoms with Crippen LogP contribution in [-0.2, 0) is 57.5 Å². The first-order valence-corrected chi connectivity index (χ1v) is 22.7. The zero-order chi connectivity index (χ0) is 53.7. The number of carbonyl (C=O) groups excluding carboxylic acids is 8. The molecule has 0 unspecified atom stereocenters. The first-order valence-electron chi connectivity index (χ1n) is 21.3. The maximum atomic E-state index is 13.9. The summed E-state index contributed by atoms with van der Waals surface area (Å²) in [5.74, 6) is -16.5. The van der Waals surface area contributed by atoms with Crippen molar-refractivity contribution in [3.05, 3.63) is 0 Å². The summed E-state index contributed by atoms with van der Waals surface area (Å²) >= 11 is 1.19. The van der Waals surface area contributed by atoms with Crippen LogP contribution in [0, 0.1) is 10.8 Å². The van der Waals surface area contributed by atoms with Crippen LogP contribution in [0.3, 0.4) is 0 Å². The molecule has 394 valence electrons. The van der Waals surface area contributed by atoms with Gasteiger partial charge in [0.05, 0.1) is 12.8 Å². The number of primary amides is 2. The van der Waals surface area contributed by atoms with Crippen LogP contribution in [0.25, 0.3) is 0 Å². The third kappa shape index (κ3) is 26.7. The molecule has 0 aromatic rings. The van der Waals surface area contributed by atoms with Gasteiger partial charge in [-0.2, -0.15) is 11.8 Å². The van der Waals surface area contributed by atoms with E-state index in [2.05, 4.69) is 37.2 Å². The highest BCUT2D eigenvalue weighted by Crippen LogP contribution is 2.18. The van der Waals surface area contributed by atoms with Gasteiger partial charge in [-0.1, -0.05) is 0 Å². The molecule has 0 radical (unpaired) electrons. The summed E-state index contributed by atoms with van der Waals surface area (Å²) in [5, 5.41) is 81.0. The summed E-state index contributed by atoms with van der Waals surface area (Å²) < 4.78 is 0. The fourth-order valence-corrected chi connectivity index (χ4v) is 6.59. The van der Waals surface area contributed by atoms with Crippen molar-refractivity contribution in [3.63, 3.8) is 0 Å². The van der Waals surface area contributed by atoms with Crippen molar-refractivity contribution in [1.29, 1.82) is 10.8 Å². The molecule has 32 heteroatoms. The molecule has 0 saturated heterocycles. The summed E-state index contributed by atoms with van der Waals surface area (Å²) in [4.78, 5) is 152. The molecule has 0 aromatic carbocycles. The quantitative estimate of drug-likeness (QED) is 0.0156. The molecule has 0 saturated carbocycles. The van der Waals surface area contributed by atoms with Crippen LogP contribution in [0.15, 0.2) is 0 Å². The fraction of sp³-hybridized carbons (Fsp3) is 0.632. The van der Waals surface area contributed by atoms with Gasteiger partial charge in [0.25, 0.3) is 5.91 Å². The zero-order valence-electron chi connectivity index (χ0n) is 38.1. The molecule has 8 amide bonds. The predicted octanol–water partition coefficient (Wildman–Crippen LogP) is -6.66. The van der Waals surface area contributed by atoms with Gasteiger partial charge in [-0.3, -0.25) is 68.4 Å². The molecule has 0 fully saturated rings. The second-order valence-electron chi connectivity index (χ2n) is 15.5. The highest BCUT2D eigenvalue weighted by Gasteiger charge is 2.43. The topological polar surface area (TPSA) is 554 Å². The lowest BCUT2D eigenvalue weighted by molar-refractivity contribution is -0.159. The minimum Gasteiger partial charge on any atom is -0.481 e. The van der Waals surface area contributed by atoms with E-state index in [0.29, 0.717) is 0 Å². The van der Waals surface area contributed by atoms with E-state index in [0.717, 1.165) is 0 Å². The van der Waals surface area contributed by atoms with Gasteiger partial charge in [0.1, 0.15) is 36.3 Å².